The third kappa shape index (κ3) is 5.16. The van der Waals surface area contributed by atoms with E-state index in [-0.39, 0.29) is 17.6 Å². The molecule has 0 radical (unpaired) electrons. The predicted molar refractivity (Wildman–Crippen MR) is 121 cm³/mol. The van der Waals surface area contributed by atoms with Gasteiger partial charge in [0.15, 0.2) is 0 Å². The minimum atomic E-state index is -0.377. The minimum Gasteiger partial charge on any atom is -0.351 e. The normalized spacial score (nSPS) is 11.1. The lowest BCUT2D eigenvalue weighted by Crippen LogP contribution is -2.34. The summed E-state index contributed by atoms with van der Waals surface area (Å²) in [5.74, 6) is -0.911. The lowest BCUT2D eigenvalue weighted by Gasteiger charge is -2.17. The number of anilines is 1. The summed E-state index contributed by atoms with van der Waals surface area (Å²) in [5.41, 5.74) is 1.06. The summed E-state index contributed by atoms with van der Waals surface area (Å²) in [7, 11) is 0. The topological polar surface area (TPSA) is 61.4 Å². The van der Waals surface area contributed by atoms with Gasteiger partial charge in [0, 0.05) is 34.4 Å². The zero-order chi connectivity index (χ0) is 21.7. The van der Waals surface area contributed by atoms with E-state index in [2.05, 4.69) is 29.4 Å². The van der Waals surface area contributed by atoms with Crippen molar-refractivity contribution in [3.63, 3.8) is 0 Å². The van der Waals surface area contributed by atoms with Gasteiger partial charge in [0.25, 0.3) is 11.8 Å². The van der Waals surface area contributed by atoms with Crippen LogP contribution in [0.5, 0.6) is 0 Å². The van der Waals surface area contributed by atoms with Gasteiger partial charge >= 0.3 is 0 Å². The summed E-state index contributed by atoms with van der Waals surface area (Å²) < 4.78 is 14.0. The fourth-order valence-electron chi connectivity index (χ4n) is 3.05. The smallest absolute Gasteiger partial charge is 0.267 e. The van der Waals surface area contributed by atoms with Crippen LogP contribution in [0.15, 0.2) is 42.5 Å². The van der Waals surface area contributed by atoms with Crippen LogP contribution >= 0.6 is 22.9 Å². The molecular weight excluding hydrogens is 425 g/mol. The Kier molecular flexibility index (Phi) is 7.42. The molecule has 0 saturated heterocycles. The lowest BCUT2D eigenvalue weighted by atomic mass is 10.2. The summed E-state index contributed by atoms with van der Waals surface area (Å²) in [5, 5.41) is 6.61. The molecule has 2 aromatic carbocycles. The van der Waals surface area contributed by atoms with Gasteiger partial charge in [-0.15, -0.1) is 11.3 Å². The maximum absolute atomic E-state index is 13.4. The van der Waals surface area contributed by atoms with E-state index in [1.807, 2.05) is 0 Å². The highest BCUT2D eigenvalue weighted by Gasteiger charge is 2.18. The molecule has 5 nitrogen and oxygen atoms in total. The summed E-state index contributed by atoms with van der Waals surface area (Å²) in [6.45, 7) is 7.43. The Labute approximate surface area is 183 Å². The molecule has 0 bridgehead atoms. The molecule has 2 N–H and O–H groups in total. The molecule has 0 atom stereocenters. The first-order valence-corrected chi connectivity index (χ1v) is 10.9. The van der Waals surface area contributed by atoms with Crippen LogP contribution in [-0.2, 0) is 0 Å². The molecule has 30 heavy (non-hydrogen) atoms. The fraction of sp³-hybridized carbons (Fsp3) is 0.273. The van der Waals surface area contributed by atoms with E-state index in [0.29, 0.717) is 37.8 Å². The molecule has 3 aromatic rings. The van der Waals surface area contributed by atoms with Crippen LogP contribution in [0.4, 0.5) is 10.1 Å². The van der Waals surface area contributed by atoms with Crippen LogP contribution in [0.2, 0.25) is 5.02 Å². The molecule has 2 amide bonds. The van der Waals surface area contributed by atoms with Crippen molar-refractivity contribution >= 4 is 50.5 Å². The molecule has 1 aromatic heterocycles. The summed E-state index contributed by atoms with van der Waals surface area (Å²) in [4.78, 5) is 27.4. The lowest BCUT2D eigenvalue weighted by molar-refractivity contribution is 0.0948. The summed E-state index contributed by atoms with van der Waals surface area (Å²) in [6.07, 6.45) is 0. The quantitative estimate of drug-likeness (QED) is 0.509. The number of benzene rings is 2. The first kappa shape index (κ1) is 22.2. The zero-order valence-corrected chi connectivity index (χ0v) is 18.4. The number of likely N-dealkylation sites (N-methyl/N-ethyl adjacent to an activating group) is 1. The second-order valence-corrected chi connectivity index (χ2v) is 8.13. The van der Waals surface area contributed by atoms with Gasteiger partial charge in [-0.25, -0.2) is 4.39 Å². The summed E-state index contributed by atoms with van der Waals surface area (Å²) in [6, 6.07) is 10.9. The highest BCUT2D eigenvalue weighted by molar-refractivity contribution is 7.21. The van der Waals surface area contributed by atoms with Crippen LogP contribution in [0.25, 0.3) is 10.1 Å². The van der Waals surface area contributed by atoms with Crippen LogP contribution in [-0.4, -0.2) is 42.9 Å². The molecule has 0 aliphatic carbocycles. The molecule has 0 aliphatic rings. The van der Waals surface area contributed by atoms with E-state index in [1.165, 1.54) is 12.1 Å². The largest absolute Gasteiger partial charge is 0.351 e. The zero-order valence-electron chi connectivity index (χ0n) is 16.8. The molecular formula is C22H23ClFN3O2S. The Morgan fingerprint density at radius 3 is 2.43 bits per heavy atom. The van der Waals surface area contributed by atoms with Crippen molar-refractivity contribution in [1.29, 1.82) is 0 Å². The number of amides is 2. The molecule has 0 unspecified atom stereocenters. The number of nitrogens with one attached hydrogen (secondary N) is 2. The van der Waals surface area contributed by atoms with E-state index in [0.717, 1.165) is 31.0 Å². The highest BCUT2D eigenvalue weighted by atomic mass is 35.5. The molecule has 8 heteroatoms. The first-order valence-electron chi connectivity index (χ1n) is 9.72. The first-order chi connectivity index (χ1) is 14.4. The van der Waals surface area contributed by atoms with E-state index >= 15 is 0 Å². The number of hydrogen-bond donors (Lipinski definition) is 2. The second-order valence-electron chi connectivity index (χ2n) is 6.70. The molecule has 0 spiro atoms. The van der Waals surface area contributed by atoms with Gasteiger partial charge in [-0.2, -0.15) is 0 Å². The Morgan fingerprint density at radius 2 is 1.77 bits per heavy atom. The number of thiophene rings is 1. The van der Waals surface area contributed by atoms with Gasteiger partial charge in [-0.3, -0.25) is 9.59 Å². The van der Waals surface area contributed by atoms with Gasteiger partial charge in [-0.1, -0.05) is 25.4 Å². The third-order valence-electron chi connectivity index (χ3n) is 4.81. The number of carbonyl (C=O) groups is 2. The predicted octanol–water partition coefficient (Wildman–Crippen LogP) is 5.02. The molecule has 0 saturated carbocycles. The number of fused-ring (bicyclic) bond motifs is 1. The Morgan fingerprint density at radius 1 is 1.07 bits per heavy atom. The van der Waals surface area contributed by atoms with Crippen molar-refractivity contribution in [2.45, 2.75) is 13.8 Å². The molecule has 1 heterocycles. The van der Waals surface area contributed by atoms with Crippen LogP contribution in [0.1, 0.15) is 33.9 Å². The fourth-order valence-corrected chi connectivity index (χ4v) is 4.48. The van der Waals surface area contributed by atoms with Crippen molar-refractivity contribution in [2.75, 3.05) is 31.5 Å². The van der Waals surface area contributed by atoms with Crippen molar-refractivity contribution in [2.24, 2.45) is 0 Å². The highest BCUT2D eigenvalue weighted by Crippen LogP contribution is 2.36. The van der Waals surface area contributed by atoms with Crippen molar-refractivity contribution in [1.82, 2.24) is 10.2 Å². The van der Waals surface area contributed by atoms with Crippen LogP contribution in [0.3, 0.4) is 0 Å². The number of hydrogen-bond acceptors (Lipinski definition) is 4. The van der Waals surface area contributed by atoms with Gasteiger partial charge in [0.2, 0.25) is 0 Å². The van der Waals surface area contributed by atoms with Gasteiger partial charge < -0.3 is 15.5 Å². The standard InChI is InChI=1S/C22H23ClFN3O2S/c1-3-27(4-2)12-11-25-21(28)14-5-8-16(9-6-14)26-22(29)20-19(23)17-10-7-15(24)13-18(17)30-20/h5-10,13H,3-4,11-12H2,1-2H3,(H,25,28)(H,26,29). The Balaban J connectivity index is 1.62. The van der Waals surface area contributed by atoms with E-state index in [9.17, 15) is 14.0 Å². The van der Waals surface area contributed by atoms with E-state index in [4.69, 9.17) is 11.6 Å². The van der Waals surface area contributed by atoms with Gasteiger partial charge in [0.05, 0.1) is 5.02 Å². The van der Waals surface area contributed by atoms with Crippen LogP contribution < -0.4 is 10.6 Å². The van der Waals surface area contributed by atoms with Crippen molar-refractivity contribution in [3.8, 4) is 0 Å². The third-order valence-corrected chi connectivity index (χ3v) is 6.47. The maximum atomic E-state index is 13.4. The van der Waals surface area contributed by atoms with Gasteiger partial charge in [-0.05, 0) is 55.6 Å². The number of nitrogens with zero attached hydrogens (tertiary/aromatic N) is 1. The molecule has 0 aliphatic heterocycles. The molecule has 3 rings (SSSR count). The molecule has 0 fully saturated rings. The minimum absolute atomic E-state index is 0.158. The number of carbonyl (C=O) groups excluding carboxylic acids is 2. The second kappa shape index (κ2) is 10.0. The molecule has 158 valence electrons. The van der Waals surface area contributed by atoms with E-state index in [1.54, 1.807) is 30.3 Å². The van der Waals surface area contributed by atoms with E-state index < -0.39 is 0 Å². The van der Waals surface area contributed by atoms with Crippen LogP contribution in [0, 0.1) is 5.82 Å². The average molecular weight is 448 g/mol. The Bertz CT molecular complexity index is 1050. The van der Waals surface area contributed by atoms with Crippen molar-refractivity contribution < 1.29 is 14.0 Å². The maximum Gasteiger partial charge on any atom is 0.267 e. The average Bonchev–Trinajstić information content (AvgIpc) is 3.07. The SMILES string of the molecule is CCN(CC)CCNC(=O)c1ccc(NC(=O)c2sc3cc(F)ccc3c2Cl)cc1. The number of rotatable bonds is 8. The van der Waals surface area contributed by atoms with Gasteiger partial charge in [0.1, 0.15) is 10.7 Å². The number of halogens is 2. The summed E-state index contributed by atoms with van der Waals surface area (Å²) >= 11 is 7.44. The van der Waals surface area contributed by atoms with Crippen molar-refractivity contribution in [3.05, 3.63) is 63.7 Å². The Hall–Kier alpha value is -2.48. The monoisotopic (exact) mass is 447 g/mol.